The van der Waals surface area contributed by atoms with Gasteiger partial charge in [-0.25, -0.2) is 4.98 Å². The van der Waals surface area contributed by atoms with Crippen LogP contribution < -0.4 is 10.6 Å². The van der Waals surface area contributed by atoms with Gasteiger partial charge in [-0.3, -0.25) is 4.98 Å². The van der Waals surface area contributed by atoms with Crippen LogP contribution in [0.25, 0.3) is 0 Å². The smallest absolute Gasteiger partial charge is 0.149 e. The van der Waals surface area contributed by atoms with E-state index in [1.54, 1.807) is 6.20 Å². The van der Waals surface area contributed by atoms with Gasteiger partial charge in [0, 0.05) is 13.6 Å². The van der Waals surface area contributed by atoms with Crippen LogP contribution in [0.3, 0.4) is 0 Å². The summed E-state index contributed by atoms with van der Waals surface area (Å²) in [5, 5.41) is 0. The van der Waals surface area contributed by atoms with Crippen LogP contribution in [-0.4, -0.2) is 23.6 Å². The van der Waals surface area contributed by atoms with E-state index in [2.05, 4.69) is 9.97 Å². The van der Waals surface area contributed by atoms with Crippen LogP contribution in [0.2, 0.25) is 0 Å². The van der Waals surface area contributed by atoms with E-state index in [0.29, 0.717) is 5.82 Å². The van der Waals surface area contributed by atoms with Gasteiger partial charge in [0.15, 0.2) is 0 Å². The molecule has 0 saturated heterocycles. The molecule has 0 spiro atoms. The fourth-order valence-electron chi connectivity index (χ4n) is 0.716. The molecule has 11 heavy (non-hydrogen) atoms. The van der Waals surface area contributed by atoms with Crippen LogP contribution in [-0.2, 0) is 0 Å². The molecular formula is C7H12N4. The normalized spacial score (nSPS) is 9.64. The predicted octanol–water partition coefficient (Wildman–Crippen LogP) is 0.515. The Labute approximate surface area is 66.1 Å². The summed E-state index contributed by atoms with van der Waals surface area (Å²) in [5.74, 6) is 1.27. The predicted molar refractivity (Wildman–Crippen MR) is 45.4 cm³/mol. The molecule has 2 N–H and O–H groups in total. The highest BCUT2D eigenvalue weighted by Crippen LogP contribution is 2.06. The van der Waals surface area contributed by atoms with Gasteiger partial charge in [-0.2, -0.15) is 0 Å². The first-order valence-electron chi connectivity index (χ1n) is 3.52. The summed E-state index contributed by atoms with van der Waals surface area (Å²) in [7, 11) is 1.95. The lowest BCUT2D eigenvalue weighted by atomic mass is 10.5. The highest BCUT2D eigenvalue weighted by atomic mass is 15.2. The Balaban J connectivity index is 2.86. The molecule has 0 radical (unpaired) electrons. The molecule has 0 bridgehead atoms. The molecule has 0 aliphatic rings. The van der Waals surface area contributed by atoms with Crippen LogP contribution >= 0.6 is 0 Å². The molecule has 4 heteroatoms. The zero-order chi connectivity index (χ0) is 8.27. The van der Waals surface area contributed by atoms with Gasteiger partial charge in [0.2, 0.25) is 0 Å². The molecule has 0 atom stereocenters. The molecule has 1 aromatic rings. The van der Waals surface area contributed by atoms with Gasteiger partial charge >= 0.3 is 0 Å². The Morgan fingerprint density at radius 2 is 2.27 bits per heavy atom. The number of nitrogen functional groups attached to an aromatic ring is 1. The zero-order valence-electron chi connectivity index (χ0n) is 6.78. The molecule has 0 amide bonds. The van der Waals surface area contributed by atoms with E-state index in [4.69, 9.17) is 5.73 Å². The largest absolute Gasteiger partial charge is 0.382 e. The number of aromatic nitrogens is 2. The van der Waals surface area contributed by atoms with E-state index >= 15 is 0 Å². The molecule has 1 rings (SSSR count). The molecule has 0 unspecified atom stereocenters. The number of anilines is 2. The summed E-state index contributed by atoms with van der Waals surface area (Å²) in [6.07, 6.45) is 3.23. The first kappa shape index (κ1) is 7.78. The fraction of sp³-hybridized carbons (Fsp3) is 0.429. The molecule has 4 nitrogen and oxygen atoms in total. The summed E-state index contributed by atoms with van der Waals surface area (Å²) < 4.78 is 0. The van der Waals surface area contributed by atoms with Crippen molar-refractivity contribution in [2.45, 2.75) is 6.92 Å². The molecule has 60 valence electrons. The lowest BCUT2D eigenvalue weighted by Crippen LogP contribution is -2.17. The third kappa shape index (κ3) is 1.80. The van der Waals surface area contributed by atoms with Gasteiger partial charge in [-0.05, 0) is 6.92 Å². The van der Waals surface area contributed by atoms with Gasteiger partial charge in [-0.15, -0.1) is 0 Å². The average molecular weight is 152 g/mol. The van der Waals surface area contributed by atoms with Gasteiger partial charge in [0.25, 0.3) is 0 Å². The second kappa shape index (κ2) is 3.18. The maximum absolute atomic E-state index is 5.45. The van der Waals surface area contributed by atoms with E-state index in [0.717, 1.165) is 12.4 Å². The van der Waals surface area contributed by atoms with Crippen molar-refractivity contribution in [2.24, 2.45) is 0 Å². The number of hydrogen-bond donors (Lipinski definition) is 1. The number of nitrogens with two attached hydrogens (primary N) is 1. The summed E-state index contributed by atoms with van der Waals surface area (Å²) >= 11 is 0. The highest BCUT2D eigenvalue weighted by Gasteiger charge is 1.98. The van der Waals surface area contributed by atoms with Crippen LogP contribution in [0, 0.1) is 0 Å². The van der Waals surface area contributed by atoms with E-state index < -0.39 is 0 Å². The summed E-state index contributed by atoms with van der Waals surface area (Å²) in [6, 6.07) is 0. The third-order valence-corrected chi connectivity index (χ3v) is 1.51. The lowest BCUT2D eigenvalue weighted by molar-refractivity contribution is 0.930. The summed E-state index contributed by atoms with van der Waals surface area (Å²) in [4.78, 5) is 9.98. The Kier molecular flexibility index (Phi) is 2.25. The number of hydrogen-bond acceptors (Lipinski definition) is 4. The Bertz CT molecular complexity index is 236. The molecule has 0 saturated carbocycles. The first-order chi connectivity index (χ1) is 5.24. The standard InChI is InChI=1S/C7H12N4/c1-3-11(2)7-5-9-4-6(8)10-7/h4-5H,3H2,1-2H3,(H2,8,10). The van der Waals surface area contributed by atoms with Gasteiger partial charge < -0.3 is 10.6 Å². The summed E-state index contributed by atoms with van der Waals surface area (Å²) in [6.45, 7) is 2.95. The minimum absolute atomic E-state index is 0.461. The maximum Gasteiger partial charge on any atom is 0.149 e. The van der Waals surface area contributed by atoms with Crippen molar-refractivity contribution in [3.05, 3.63) is 12.4 Å². The lowest BCUT2D eigenvalue weighted by Gasteiger charge is -2.14. The topological polar surface area (TPSA) is 55.0 Å². The van der Waals surface area contributed by atoms with E-state index in [-0.39, 0.29) is 0 Å². The van der Waals surface area contributed by atoms with E-state index in [9.17, 15) is 0 Å². The van der Waals surface area contributed by atoms with Crippen molar-refractivity contribution < 1.29 is 0 Å². The van der Waals surface area contributed by atoms with E-state index in [1.807, 2.05) is 18.9 Å². The molecule has 0 fully saturated rings. The SMILES string of the molecule is CCN(C)c1cncc(N)n1. The quantitative estimate of drug-likeness (QED) is 0.671. The van der Waals surface area contributed by atoms with Gasteiger partial charge in [-0.1, -0.05) is 0 Å². The molecule has 0 aliphatic heterocycles. The van der Waals surface area contributed by atoms with Crippen molar-refractivity contribution in [2.75, 3.05) is 24.2 Å². The molecule has 1 aromatic heterocycles. The molecular weight excluding hydrogens is 140 g/mol. The van der Waals surface area contributed by atoms with Crippen LogP contribution in [0.1, 0.15) is 6.92 Å². The first-order valence-corrected chi connectivity index (χ1v) is 3.52. The fourth-order valence-corrected chi connectivity index (χ4v) is 0.716. The van der Waals surface area contributed by atoms with E-state index in [1.165, 1.54) is 6.20 Å². The average Bonchev–Trinajstić information content (AvgIpc) is 2.03. The van der Waals surface area contributed by atoms with Crippen LogP contribution in [0.4, 0.5) is 11.6 Å². The summed E-state index contributed by atoms with van der Waals surface area (Å²) in [5.41, 5.74) is 5.45. The van der Waals surface area contributed by atoms with Crippen molar-refractivity contribution in [3.8, 4) is 0 Å². The van der Waals surface area contributed by atoms with Gasteiger partial charge in [0.1, 0.15) is 11.6 Å². The molecule has 0 aromatic carbocycles. The minimum atomic E-state index is 0.461. The second-order valence-electron chi connectivity index (χ2n) is 2.32. The van der Waals surface area contributed by atoms with Crippen molar-refractivity contribution >= 4 is 11.6 Å². The van der Waals surface area contributed by atoms with Crippen LogP contribution in [0.5, 0.6) is 0 Å². The maximum atomic E-state index is 5.45. The van der Waals surface area contributed by atoms with Crippen molar-refractivity contribution in [1.82, 2.24) is 9.97 Å². The number of nitrogens with zero attached hydrogens (tertiary/aromatic N) is 3. The third-order valence-electron chi connectivity index (χ3n) is 1.51. The number of rotatable bonds is 2. The second-order valence-corrected chi connectivity index (χ2v) is 2.32. The van der Waals surface area contributed by atoms with Crippen LogP contribution in [0.15, 0.2) is 12.4 Å². The monoisotopic (exact) mass is 152 g/mol. The van der Waals surface area contributed by atoms with Crippen molar-refractivity contribution in [3.63, 3.8) is 0 Å². The Morgan fingerprint density at radius 3 is 2.82 bits per heavy atom. The van der Waals surface area contributed by atoms with Gasteiger partial charge in [0.05, 0.1) is 12.4 Å². The molecule has 0 aliphatic carbocycles. The Morgan fingerprint density at radius 1 is 1.55 bits per heavy atom. The highest BCUT2D eigenvalue weighted by molar-refractivity contribution is 5.40. The van der Waals surface area contributed by atoms with Crippen molar-refractivity contribution in [1.29, 1.82) is 0 Å². The minimum Gasteiger partial charge on any atom is -0.382 e. The zero-order valence-corrected chi connectivity index (χ0v) is 6.78. The Hall–Kier alpha value is -1.32. The molecule has 1 heterocycles.